The van der Waals surface area contributed by atoms with Gasteiger partial charge in [0.1, 0.15) is 5.60 Å². The highest BCUT2D eigenvalue weighted by molar-refractivity contribution is 5.91. The molecule has 0 aromatic rings. The highest BCUT2D eigenvalue weighted by atomic mass is 16.5. The number of Topliss-reactive ketones (excluding diaryl/α,β-unsaturated/α-hetero) is 1. The maximum absolute atomic E-state index is 12.5. The van der Waals surface area contributed by atoms with Crippen molar-refractivity contribution in [1.82, 2.24) is 4.90 Å². The van der Waals surface area contributed by atoms with E-state index in [-0.39, 0.29) is 17.3 Å². The Hall–Kier alpha value is -0.450. The number of likely N-dealkylation sites (tertiary alicyclic amines) is 1. The summed E-state index contributed by atoms with van der Waals surface area (Å²) in [5.74, 6) is 0.829. The van der Waals surface area contributed by atoms with Gasteiger partial charge in [0, 0.05) is 20.2 Å². The van der Waals surface area contributed by atoms with E-state index < -0.39 is 5.60 Å². The molecule has 2 aliphatic heterocycles. The third kappa shape index (κ3) is 3.01. The van der Waals surface area contributed by atoms with Crippen LogP contribution in [0.4, 0.5) is 0 Å². The maximum Gasteiger partial charge on any atom is 0.171 e. The Morgan fingerprint density at radius 3 is 2.58 bits per heavy atom. The van der Waals surface area contributed by atoms with E-state index in [1.54, 1.807) is 7.11 Å². The minimum Gasteiger partial charge on any atom is -0.384 e. The first-order valence-electron chi connectivity index (χ1n) is 7.22. The largest absolute Gasteiger partial charge is 0.384 e. The molecule has 0 aliphatic carbocycles. The van der Waals surface area contributed by atoms with E-state index in [9.17, 15) is 4.79 Å². The lowest BCUT2D eigenvalue weighted by Crippen LogP contribution is -2.40. The van der Waals surface area contributed by atoms with Gasteiger partial charge in [-0.15, -0.1) is 0 Å². The molecule has 0 bridgehead atoms. The molecule has 2 atom stereocenters. The van der Waals surface area contributed by atoms with Crippen molar-refractivity contribution in [3.8, 4) is 0 Å². The van der Waals surface area contributed by atoms with E-state index in [1.165, 1.54) is 6.42 Å². The van der Waals surface area contributed by atoms with Crippen molar-refractivity contribution in [2.45, 2.75) is 45.3 Å². The summed E-state index contributed by atoms with van der Waals surface area (Å²) in [5.41, 5.74) is -1.00. The fourth-order valence-electron chi connectivity index (χ4n) is 3.53. The Morgan fingerprint density at radius 2 is 2.05 bits per heavy atom. The number of methoxy groups -OCH3 is 1. The summed E-state index contributed by atoms with van der Waals surface area (Å²) in [7, 11) is 1.75. The van der Waals surface area contributed by atoms with Crippen LogP contribution in [0.2, 0.25) is 0 Å². The quantitative estimate of drug-likeness (QED) is 0.779. The van der Waals surface area contributed by atoms with Crippen LogP contribution < -0.4 is 0 Å². The first kappa shape index (κ1) is 14.9. The van der Waals surface area contributed by atoms with Crippen molar-refractivity contribution in [3.63, 3.8) is 0 Å². The molecule has 0 radical (unpaired) electrons. The lowest BCUT2D eigenvalue weighted by Gasteiger charge is -2.28. The van der Waals surface area contributed by atoms with Gasteiger partial charge < -0.3 is 14.4 Å². The Balaban J connectivity index is 1.98. The van der Waals surface area contributed by atoms with Gasteiger partial charge in [-0.1, -0.05) is 0 Å². The van der Waals surface area contributed by atoms with Crippen molar-refractivity contribution >= 4 is 5.78 Å². The van der Waals surface area contributed by atoms with Crippen LogP contribution in [0, 0.1) is 11.8 Å². The molecular weight excluding hydrogens is 242 g/mol. The summed E-state index contributed by atoms with van der Waals surface area (Å²) in [6.45, 7) is 11.6. The molecule has 2 aliphatic rings. The molecule has 2 rings (SSSR count). The summed E-state index contributed by atoms with van der Waals surface area (Å²) < 4.78 is 11.2. The molecule has 4 heteroatoms. The van der Waals surface area contributed by atoms with Crippen molar-refractivity contribution < 1.29 is 14.3 Å². The summed E-state index contributed by atoms with van der Waals surface area (Å²) >= 11 is 0. The number of hydrogen-bond acceptors (Lipinski definition) is 4. The normalized spacial score (nSPS) is 34.1. The van der Waals surface area contributed by atoms with Gasteiger partial charge in [-0.2, -0.15) is 0 Å². The summed E-state index contributed by atoms with van der Waals surface area (Å²) in [6, 6.07) is 0. The van der Waals surface area contributed by atoms with Gasteiger partial charge in [-0.25, -0.2) is 0 Å². The third-order valence-corrected chi connectivity index (χ3v) is 4.48. The first-order valence-corrected chi connectivity index (χ1v) is 7.22. The van der Waals surface area contributed by atoms with Crippen LogP contribution in [-0.4, -0.2) is 55.2 Å². The standard InChI is InChI=1S/C15H27NO3/c1-14(2)12(13(17)15(3,4)19-14)9-16-7-6-11(8-16)10-18-5/h11-12H,6-10H2,1-5H3. The molecule has 2 fully saturated rings. The SMILES string of the molecule is COCC1CCN(CC2C(=O)C(C)(C)OC2(C)C)C1. The van der Waals surface area contributed by atoms with Gasteiger partial charge in [-0.05, 0) is 46.6 Å². The van der Waals surface area contributed by atoms with Crippen LogP contribution >= 0.6 is 0 Å². The summed E-state index contributed by atoms with van der Waals surface area (Å²) in [6.07, 6.45) is 1.17. The minimum atomic E-state index is -0.639. The van der Waals surface area contributed by atoms with E-state index >= 15 is 0 Å². The second kappa shape index (κ2) is 5.15. The number of ketones is 1. The van der Waals surface area contributed by atoms with Gasteiger partial charge >= 0.3 is 0 Å². The minimum absolute atomic E-state index is 0.0243. The molecule has 0 N–H and O–H groups in total. The van der Waals surface area contributed by atoms with Crippen LogP contribution in [0.1, 0.15) is 34.1 Å². The van der Waals surface area contributed by atoms with Gasteiger partial charge in [0.15, 0.2) is 5.78 Å². The van der Waals surface area contributed by atoms with Gasteiger partial charge in [0.05, 0.1) is 18.1 Å². The van der Waals surface area contributed by atoms with Crippen LogP contribution in [0.5, 0.6) is 0 Å². The second-order valence-corrected chi connectivity index (χ2v) is 7.00. The van der Waals surface area contributed by atoms with Crippen molar-refractivity contribution in [1.29, 1.82) is 0 Å². The van der Waals surface area contributed by atoms with Crippen LogP contribution in [0.25, 0.3) is 0 Å². The van der Waals surface area contributed by atoms with E-state index in [4.69, 9.17) is 9.47 Å². The van der Waals surface area contributed by atoms with Gasteiger partial charge in [0.2, 0.25) is 0 Å². The molecular formula is C15H27NO3. The topological polar surface area (TPSA) is 38.8 Å². The van der Waals surface area contributed by atoms with Crippen LogP contribution in [-0.2, 0) is 14.3 Å². The van der Waals surface area contributed by atoms with Crippen molar-refractivity contribution in [2.75, 3.05) is 33.4 Å². The van der Waals surface area contributed by atoms with Crippen molar-refractivity contribution in [2.24, 2.45) is 11.8 Å². The lowest BCUT2D eigenvalue weighted by molar-refractivity contribution is -0.132. The van der Waals surface area contributed by atoms with E-state index in [0.717, 1.165) is 26.2 Å². The number of carbonyl (C=O) groups is 1. The molecule has 0 spiro atoms. The predicted octanol–water partition coefficient (Wildman–Crippen LogP) is 1.73. The Morgan fingerprint density at radius 1 is 1.37 bits per heavy atom. The number of carbonyl (C=O) groups excluding carboxylic acids is 1. The Kier molecular flexibility index (Phi) is 4.05. The molecule has 0 amide bonds. The molecule has 110 valence electrons. The summed E-state index contributed by atoms with van der Waals surface area (Å²) in [5, 5.41) is 0. The van der Waals surface area contributed by atoms with Crippen molar-refractivity contribution in [3.05, 3.63) is 0 Å². The lowest BCUT2D eigenvalue weighted by atomic mass is 9.85. The zero-order chi connectivity index (χ0) is 14.3. The third-order valence-electron chi connectivity index (χ3n) is 4.48. The molecule has 0 saturated carbocycles. The Bertz CT molecular complexity index is 351. The monoisotopic (exact) mass is 269 g/mol. The van der Waals surface area contributed by atoms with Gasteiger partial charge in [-0.3, -0.25) is 4.79 Å². The fourth-order valence-corrected chi connectivity index (χ4v) is 3.53. The highest BCUT2D eigenvalue weighted by Crippen LogP contribution is 2.40. The zero-order valence-electron chi connectivity index (χ0n) is 12.9. The van der Waals surface area contributed by atoms with Gasteiger partial charge in [0.25, 0.3) is 0 Å². The molecule has 2 unspecified atom stereocenters. The molecule has 0 aromatic carbocycles. The van der Waals surface area contributed by atoms with E-state index in [1.807, 2.05) is 27.7 Å². The molecule has 19 heavy (non-hydrogen) atoms. The Labute approximate surface area is 116 Å². The molecule has 2 saturated heterocycles. The molecule has 2 heterocycles. The highest BCUT2D eigenvalue weighted by Gasteiger charge is 2.53. The maximum atomic E-state index is 12.5. The average Bonchev–Trinajstić information content (AvgIpc) is 2.76. The van der Waals surface area contributed by atoms with E-state index in [0.29, 0.717) is 5.92 Å². The number of hydrogen-bond donors (Lipinski definition) is 0. The molecule has 4 nitrogen and oxygen atoms in total. The van der Waals surface area contributed by atoms with Crippen LogP contribution in [0.3, 0.4) is 0 Å². The first-order chi connectivity index (χ1) is 8.76. The van der Waals surface area contributed by atoms with Crippen LogP contribution in [0.15, 0.2) is 0 Å². The summed E-state index contributed by atoms with van der Waals surface area (Å²) in [4.78, 5) is 14.8. The average molecular weight is 269 g/mol. The zero-order valence-corrected chi connectivity index (χ0v) is 12.9. The van der Waals surface area contributed by atoms with E-state index in [2.05, 4.69) is 4.90 Å². The number of ether oxygens (including phenoxy) is 2. The number of rotatable bonds is 4. The molecule has 0 aromatic heterocycles. The smallest absolute Gasteiger partial charge is 0.171 e. The fraction of sp³-hybridized carbons (Fsp3) is 0.933. The number of nitrogens with zero attached hydrogens (tertiary/aromatic N) is 1. The predicted molar refractivity (Wildman–Crippen MR) is 74.2 cm³/mol. The second-order valence-electron chi connectivity index (χ2n) is 7.00.